The lowest BCUT2D eigenvalue weighted by Crippen LogP contribution is -2.17. The van der Waals surface area contributed by atoms with Crippen LogP contribution >= 0.6 is 0 Å². The van der Waals surface area contributed by atoms with Gasteiger partial charge in [0.25, 0.3) is 0 Å². The summed E-state index contributed by atoms with van der Waals surface area (Å²) in [7, 11) is 0. The molecule has 0 amide bonds. The van der Waals surface area contributed by atoms with Gasteiger partial charge in [-0.25, -0.2) is 4.39 Å². The van der Waals surface area contributed by atoms with Crippen LogP contribution in [0.4, 0.5) is 4.39 Å². The van der Waals surface area contributed by atoms with Crippen LogP contribution in [0.25, 0.3) is 0 Å². The lowest BCUT2D eigenvalue weighted by atomic mass is 9.81. The van der Waals surface area contributed by atoms with Crippen molar-refractivity contribution in [1.29, 1.82) is 0 Å². The van der Waals surface area contributed by atoms with Gasteiger partial charge in [0.15, 0.2) is 0 Å². The molecule has 0 fully saturated rings. The van der Waals surface area contributed by atoms with Crippen LogP contribution in [0.2, 0.25) is 0 Å². The summed E-state index contributed by atoms with van der Waals surface area (Å²) in [5.74, 6) is 0.777. The van der Waals surface area contributed by atoms with Crippen molar-refractivity contribution in [2.45, 2.75) is 39.0 Å². The molecule has 2 heteroatoms. The molecule has 2 rings (SSSR count). The summed E-state index contributed by atoms with van der Waals surface area (Å²) >= 11 is 0. The number of hydrogen-bond donors (Lipinski definition) is 0. The third kappa shape index (κ3) is 1.73. The second-order valence-electron chi connectivity index (χ2n) is 4.78. The zero-order valence-corrected chi connectivity index (χ0v) is 9.56. The fraction of sp³-hybridized carbons (Fsp3) is 0.538. The molecule has 0 aromatic heterocycles. The van der Waals surface area contributed by atoms with Crippen molar-refractivity contribution in [1.82, 2.24) is 0 Å². The highest BCUT2D eigenvalue weighted by atomic mass is 19.1. The minimum atomic E-state index is -0.143. The SMILES string of the molecule is CCC(C)(C)c1cc(F)cc2c1OCC2. The Labute approximate surface area is 90.3 Å². The molecule has 82 valence electrons. The van der Waals surface area contributed by atoms with E-state index < -0.39 is 0 Å². The summed E-state index contributed by atoms with van der Waals surface area (Å²) in [5.41, 5.74) is 2.01. The van der Waals surface area contributed by atoms with Gasteiger partial charge in [-0.1, -0.05) is 20.8 Å². The average molecular weight is 208 g/mol. The lowest BCUT2D eigenvalue weighted by Gasteiger charge is -2.25. The Kier molecular flexibility index (Phi) is 2.45. The molecular weight excluding hydrogens is 191 g/mol. The van der Waals surface area contributed by atoms with E-state index in [0.717, 1.165) is 29.7 Å². The quantitative estimate of drug-likeness (QED) is 0.723. The molecule has 1 aliphatic heterocycles. The first kappa shape index (κ1) is 10.5. The van der Waals surface area contributed by atoms with E-state index in [1.165, 1.54) is 0 Å². The van der Waals surface area contributed by atoms with Gasteiger partial charge in [0.1, 0.15) is 11.6 Å². The largest absolute Gasteiger partial charge is 0.493 e. The Bertz CT molecular complexity index is 382. The van der Waals surface area contributed by atoms with Crippen molar-refractivity contribution >= 4 is 0 Å². The Morgan fingerprint density at radius 1 is 1.40 bits per heavy atom. The average Bonchev–Trinajstić information content (AvgIpc) is 2.63. The fourth-order valence-corrected chi connectivity index (χ4v) is 1.96. The molecule has 0 spiro atoms. The van der Waals surface area contributed by atoms with Gasteiger partial charge in [0.2, 0.25) is 0 Å². The summed E-state index contributed by atoms with van der Waals surface area (Å²) < 4.78 is 19.0. The van der Waals surface area contributed by atoms with Crippen LogP contribution in [0.1, 0.15) is 38.3 Å². The van der Waals surface area contributed by atoms with E-state index in [-0.39, 0.29) is 11.2 Å². The van der Waals surface area contributed by atoms with Crippen LogP contribution in [0.5, 0.6) is 5.75 Å². The van der Waals surface area contributed by atoms with E-state index in [0.29, 0.717) is 6.61 Å². The van der Waals surface area contributed by atoms with Gasteiger partial charge in [-0.05, 0) is 24.0 Å². The summed E-state index contributed by atoms with van der Waals surface area (Å²) in [4.78, 5) is 0. The van der Waals surface area contributed by atoms with Crippen molar-refractivity contribution in [3.63, 3.8) is 0 Å². The first-order valence-electron chi connectivity index (χ1n) is 5.50. The predicted octanol–water partition coefficient (Wildman–Crippen LogP) is 3.45. The van der Waals surface area contributed by atoms with Crippen molar-refractivity contribution in [3.8, 4) is 5.75 Å². The molecule has 0 aliphatic carbocycles. The normalized spacial score (nSPS) is 14.9. The van der Waals surface area contributed by atoms with E-state index in [4.69, 9.17) is 4.74 Å². The second kappa shape index (κ2) is 3.51. The van der Waals surface area contributed by atoms with Crippen molar-refractivity contribution < 1.29 is 9.13 Å². The zero-order valence-electron chi connectivity index (χ0n) is 9.56. The van der Waals surface area contributed by atoms with Gasteiger partial charge < -0.3 is 4.74 Å². The lowest BCUT2D eigenvalue weighted by molar-refractivity contribution is 0.342. The van der Waals surface area contributed by atoms with E-state index >= 15 is 0 Å². The van der Waals surface area contributed by atoms with Crippen molar-refractivity contribution in [2.24, 2.45) is 0 Å². The smallest absolute Gasteiger partial charge is 0.126 e. The maximum absolute atomic E-state index is 13.4. The molecule has 0 unspecified atom stereocenters. The number of halogens is 1. The standard InChI is InChI=1S/C13H17FO/c1-4-13(2,3)11-8-10(14)7-9-5-6-15-12(9)11/h7-8H,4-6H2,1-3H3. The highest BCUT2D eigenvalue weighted by molar-refractivity contribution is 5.47. The molecule has 1 nitrogen and oxygen atoms in total. The molecule has 0 bridgehead atoms. The van der Waals surface area contributed by atoms with Crippen molar-refractivity contribution in [2.75, 3.05) is 6.61 Å². The van der Waals surface area contributed by atoms with Crippen molar-refractivity contribution in [3.05, 3.63) is 29.1 Å². The summed E-state index contributed by atoms with van der Waals surface area (Å²) in [6, 6.07) is 3.21. The summed E-state index contributed by atoms with van der Waals surface area (Å²) in [6.45, 7) is 7.06. The Hall–Kier alpha value is -1.05. The monoisotopic (exact) mass is 208 g/mol. The molecular formula is C13H17FO. The Morgan fingerprint density at radius 3 is 2.80 bits per heavy atom. The maximum atomic E-state index is 13.4. The first-order valence-corrected chi connectivity index (χ1v) is 5.50. The molecule has 15 heavy (non-hydrogen) atoms. The third-order valence-electron chi connectivity index (χ3n) is 3.36. The van der Waals surface area contributed by atoms with Crippen LogP contribution in [-0.4, -0.2) is 6.61 Å². The van der Waals surface area contributed by atoms with Crippen LogP contribution in [0, 0.1) is 5.82 Å². The van der Waals surface area contributed by atoms with Gasteiger partial charge in [-0.2, -0.15) is 0 Å². The number of ether oxygens (including phenoxy) is 1. The van der Waals surface area contributed by atoms with E-state index in [1.54, 1.807) is 12.1 Å². The predicted molar refractivity (Wildman–Crippen MR) is 58.9 cm³/mol. The van der Waals surface area contributed by atoms with Crippen LogP contribution in [-0.2, 0) is 11.8 Å². The first-order chi connectivity index (χ1) is 7.04. The minimum absolute atomic E-state index is 0.0173. The highest BCUT2D eigenvalue weighted by Gasteiger charge is 2.27. The molecule has 0 saturated carbocycles. The molecule has 1 aromatic carbocycles. The minimum Gasteiger partial charge on any atom is -0.493 e. The molecule has 1 aliphatic rings. The van der Waals surface area contributed by atoms with E-state index in [9.17, 15) is 4.39 Å². The number of fused-ring (bicyclic) bond motifs is 1. The van der Waals surface area contributed by atoms with Crippen LogP contribution < -0.4 is 4.74 Å². The van der Waals surface area contributed by atoms with E-state index in [2.05, 4.69) is 20.8 Å². The van der Waals surface area contributed by atoms with Crippen LogP contribution in [0.15, 0.2) is 12.1 Å². The Balaban J connectivity index is 2.56. The number of hydrogen-bond acceptors (Lipinski definition) is 1. The number of rotatable bonds is 2. The van der Waals surface area contributed by atoms with Gasteiger partial charge in [-0.3, -0.25) is 0 Å². The van der Waals surface area contributed by atoms with Crippen LogP contribution in [0.3, 0.4) is 0 Å². The zero-order chi connectivity index (χ0) is 11.1. The molecule has 0 radical (unpaired) electrons. The van der Waals surface area contributed by atoms with Gasteiger partial charge in [-0.15, -0.1) is 0 Å². The van der Waals surface area contributed by atoms with E-state index in [1.807, 2.05) is 0 Å². The molecule has 0 atom stereocenters. The molecule has 1 aromatic rings. The molecule has 0 N–H and O–H groups in total. The van der Waals surface area contributed by atoms with Gasteiger partial charge in [0, 0.05) is 17.5 Å². The van der Waals surface area contributed by atoms with Gasteiger partial charge in [0.05, 0.1) is 6.61 Å². The van der Waals surface area contributed by atoms with Gasteiger partial charge >= 0.3 is 0 Å². The topological polar surface area (TPSA) is 9.23 Å². The third-order valence-corrected chi connectivity index (χ3v) is 3.36. The Morgan fingerprint density at radius 2 is 2.13 bits per heavy atom. The molecule has 1 heterocycles. The highest BCUT2D eigenvalue weighted by Crippen LogP contribution is 2.39. The summed E-state index contributed by atoms with van der Waals surface area (Å²) in [6.07, 6.45) is 1.81. The summed E-state index contributed by atoms with van der Waals surface area (Å²) in [5, 5.41) is 0. The second-order valence-corrected chi connectivity index (χ2v) is 4.78. The number of benzene rings is 1. The fourth-order valence-electron chi connectivity index (χ4n) is 1.96. The molecule has 0 saturated heterocycles. The maximum Gasteiger partial charge on any atom is 0.126 e.